The first-order valence-electron chi connectivity index (χ1n) is 10.5. The van der Waals surface area contributed by atoms with Crippen molar-refractivity contribution in [1.29, 1.82) is 0 Å². The van der Waals surface area contributed by atoms with Crippen molar-refractivity contribution >= 4 is 21.8 Å². The van der Waals surface area contributed by atoms with Crippen LogP contribution in [0.15, 0.2) is 41.3 Å². The highest BCUT2D eigenvalue weighted by atomic mass is 32.2. The minimum atomic E-state index is -4.05. The normalized spacial score (nSPS) is 16.7. The van der Waals surface area contributed by atoms with E-state index in [1.165, 1.54) is 9.87 Å². The van der Waals surface area contributed by atoms with E-state index >= 15 is 0 Å². The van der Waals surface area contributed by atoms with Crippen LogP contribution in [0, 0.1) is 5.82 Å². The van der Waals surface area contributed by atoms with Crippen LogP contribution in [0.2, 0.25) is 0 Å². The molecule has 0 amide bonds. The van der Waals surface area contributed by atoms with E-state index in [-0.39, 0.29) is 11.3 Å². The summed E-state index contributed by atoms with van der Waals surface area (Å²) in [5, 5.41) is 0. The number of fused-ring (bicyclic) bond motifs is 1. The molecule has 8 heteroatoms. The zero-order valence-electron chi connectivity index (χ0n) is 17.1. The summed E-state index contributed by atoms with van der Waals surface area (Å²) in [6.07, 6.45) is 5.36. The number of nitrogens with zero attached hydrogens (tertiary/aromatic N) is 1. The van der Waals surface area contributed by atoms with E-state index in [0.717, 1.165) is 49.4 Å². The predicted octanol–water partition coefficient (Wildman–Crippen LogP) is 3.53. The highest BCUT2D eigenvalue weighted by Gasteiger charge is 2.29. The third kappa shape index (κ3) is 4.55. The van der Waals surface area contributed by atoms with Crippen molar-refractivity contribution in [1.82, 2.24) is 4.31 Å². The van der Waals surface area contributed by atoms with Crippen molar-refractivity contribution in [2.75, 3.05) is 19.7 Å². The Labute approximate surface area is 181 Å². The monoisotopic (exact) mass is 445 g/mol. The quantitative estimate of drug-likeness (QED) is 0.502. The van der Waals surface area contributed by atoms with Crippen molar-refractivity contribution < 1.29 is 27.1 Å². The zero-order chi connectivity index (χ0) is 22.0. The Balaban J connectivity index is 1.46. The van der Waals surface area contributed by atoms with E-state index < -0.39 is 33.3 Å². The summed E-state index contributed by atoms with van der Waals surface area (Å²) >= 11 is 0. The third-order valence-electron chi connectivity index (χ3n) is 5.85. The van der Waals surface area contributed by atoms with Gasteiger partial charge in [0.15, 0.2) is 12.4 Å². The molecular weight excluding hydrogens is 421 g/mol. The molecule has 0 spiro atoms. The van der Waals surface area contributed by atoms with Gasteiger partial charge in [0.2, 0.25) is 10.0 Å². The number of benzene rings is 2. The Kier molecular flexibility index (Phi) is 6.20. The van der Waals surface area contributed by atoms with Crippen LogP contribution in [0.4, 0.5) is 4.39 Å². The van der Waals surface area contributed by atoms with Gasteiger partial charge in [-0.2, -0.15) is 4.31 Å². The highest BCUT2D eigenvalue weighted by Crippen LogP contribution is 2.25. The van der Waals surface area contributed by atoms with E-state index in [4.69, 9.17) is 4.74 Å². The lowest BCUT2D eigenvalue weighted by Gasteiger charge is -2.26. The summed E-state index contributed by atoms with van der Waals surface area (Å²) in [6, 6.07) is 8.57. The zero-order valence-corrected chi connectivity index (χ0v) is 17.9. The molecule has 0 N–H and O–H groups in total. The maximum atomic E-state index is 14.3. The van der Waals surface area contributed by atoms with E-state index in [1.807, 2.05) is 12.1 Å². The maximum Gasteiger partial charge on any atom is 0.338 e. The van der Waals surface area contributed by atoms with Crippen molar-refractivity contribution in [2.45, 2.75) is 43.4 Å². The van der Waals surface area contributed by atoms with E-state index in [2.05, 4.69) is 0 Å². The van der Waals surface area contributed by atoms with Crippen LogP contribution in [-0.2, 0) is 27.6 Å². The van der Waals surface area contributed by atoms with Crippen molar-refractivity contribution in [2.24, 2.45) is 0 Å². The molecule has 0 aromatic heterocycles. The lowest BCUT2D eigenvalue weighted by atomic mass is 10.0. The molecule has 1 saturated heterocycles. The van der Waals surface area contributed by atoms with Crippen LogP contribution >= 0.6 is 0 Å². The van der Waals surface area contributed by atoms with Gasteiger partial charge in [-0.25, -0.2) is 17.6 Å². The molecule has 2 aliphatic rings. The van der Waals surface area contributed by atoms with Crippen molar-refractivity contribution in [3.63, 3.8) is 0 Å². The van der Waals surface area contributed by atoms with Gasteiger partial charge in [-0.05, 0) is 67.5 Å². The number of ether oxygens (including phenoxy) is 1. The van der Waals surface area contributed by atoms with Crippen molar-refractivity contribution in [3.8, 4) is 0 Å². The molecule has 1 aliphatic carbocycles. The Morgan fingerprint density at radius 2 is 1.61 bits per heavy atom. The average molecular weight is 446 g/mol. The first-order valence-corrected chi connectivity index (χ1v) is 11.9. The van der Waals surface area contributed by atoms with Gasteiger partial charge in [0.25, 0.3) is 0 Å². The largest absolute Gasteiger partial charge is 0.454 e. The number of Topliss-reactive ketones (excluding diaryl/α,β-unsaturated/α-hetero) is 1. The first kappa shape index (κ1) is 21.6. The lowest BCUT2D eigenvalue weighted by molar-refractivity contribution is 0.0474. The van der Waals surface area contributed by atoms with Gasteiger partial charge in [0.1, 0.15) is 10.7 Å². The van der Waals surface area contributed by atoms with Gasteiger partial charge >= 0.3 is 5.97 Å². The lowest BCUT2D eigenvalue weighted by Crippen LogP contribution is -2.36. The fourth-order valence-corrected chi connectivity index (χ4v) is 5.72. The fraction of sp³-hybridized carbons (Fsp3) is 0.391. The SMILES string of the molecule is O=C(COC(=O)c1ccc(F)c(S(=O)(=O)N2CCCCC2)c1)c1ccc2c(c1)CCC2. The molecule has 6 nitrogen and oxygen atoms in total. The second-order valence-electron chi connectivity index (χ2n) is 7.95. The minimum Gasteiger partial charge on any atom is -0.454 e. The Morgan fingerprint density at radius 3 is 2.39 bits per heavy atom. The molecule has 0 saturated carbocycles. The van der Waals surface area contributed by atoms with Gasteiger partial charge in [0, 0.05) is 18.7 Å². The number of piperidine rings is 1. The molecule has 1 aliphatic heterocycles. The number of carbonyl (C=O) groups excluding carboxylic acids is 2. The van der Waals surface area contributed by atoms with Gasteiger partial charge in [-0.1, -0.05) is 18.6 Å². The topological polar surface area (TPSA) is 80.8 Å². The number of carbonyl (C=O) groups is 2. The molecule has 0 unspecified atom stereocenters. The van der Waals surface area contributed by atoms with Crippen molar-refractivity contribution in [3.05, 3.63) is 64.5 Å². The summed E-state index contributed by atoms with van der Waals surface area (Å²) in [7, 11) is -4.05. The van der Waals surface area contributed by atoms with E-state index in [1.54, 1.807) is 6.07 Å². The van der Waals surface area contributed by atoms with E-state index in [0.29, 0.717) is 31.5 Å². The molecule has 4 rings (SSSR count). The van der Waals surface area contributed by atoms with Gasteiger partial charge < -0.3 is 4.74 Å². The van der Waals surface area contributed by atoms with Crippen LogP contribution in [0.3, 0.4) is 0 Å². The number of aryl methyl sites for hydroxylation is 2. The molecule has 1 fully saturated rings. The summed E-state index contributed by atoms with van der Waals surface area (Å²) in [5.74, 6) is -2.13. The fourth-order valence-electron chi connectivity index (χ4n) is 4.12. The number of rotatable bonds is 6. The number of hydrogen-bond donors (Lipinski definition) is 0. The first-order chi connectivity index (χ1) is 14.9. The smallest absolute Gasteiger partial charge is 0.338 e. The summed E-state index contributed by atoms with van der Waals surface area (Å²) in [5.41, 5.74) is 2.74. The molecule has 31 heavy (non-hydrogen) atoms. The van der Waals surface area contributed by atoms with Crippen LogP contribution in [-0.4, -0.2) is 44.2 Å². The third-order valence-corrected chi connectivity index (χ3v) is 7.77. The summed E-state index contributed by atoms with van der Waals surface area (Å²) < 4.78 is 46.3. The van der Waals surface area contributed by atoms with Gasteiger partial charge in [-0.3, -0.25) is 4.79 Å². The minimum absolute atomic E-state index is 0.112. The Morgan fingerprint density at radius 1 is 0.903 bits per heavy atom. The maximum absolute atomic E-state index is 14.3. The molecule has 2 aromatic carbocycles. The number of halogens is 1. The van der Waals surface area contributed by atoms with Gasteiger partial charge in [0.05, 0.1) is 5.56 Å². The van der Waals surface area contributed by atoms with Crippen LogP contribution < -0.4 is 0 Å². The average Bonchev–Trinajstić information content (AvgIpc) is 3.26. The molecule has 0 bridgehead atoms. The molecular formula is C23H24FNO5S. The second-order valence-corrected chi connectivity index (χ2v) is 9.85. The highest BCUT2D eigenvalue weighted by molar-refractivity contribution is 7.89. The molecule has 164 valence electrons. The molecule has 0 atom stereocenters. The number of esters is 1. The molecule has 1 heterocycles. The van der Waals surface area contributed by atoms with Crippen LogP contribution in [0.25, 0.3) is 0 Å². The summed E-state index contributed by atoms with van der Waals surface area (Å²) in [4.78, 5) is 24.3. The number of ketones is 1. The predicted molar refractivity (Wildman–Crippen MR) is 112 cm³/mol. The van der Waals surface area contributed by atoms with Crippen LogP contribution in [0.1, 0.15) is 57.5 Å². The Bertz CT molecular complexity index is 1120. The standard InChI is InChI=1S/C23H24FNO5S/c24-20-10-9-19(14-22(20)31(28,29)25-11-2-1-3-12-25)23(27)30-15-21(26)18-8-7-16-5-4-6-17(16)13-18/h7-10,13-14H,1-6,11-12,15H2. The second kappa shape index (κ2) is 8.88. The Hall–Kier alpha value is -2.58. The van der Waals surface area contributed by atoms with Crippen LogP contribution in [0.5, 0.6) is 0 Å². The van der Waals surface area contributed by atoms with E-state index in [9.17, 15) is 22.4 Å². The molecule has 2 aromatic rings. The summed E-state index contributed by atoms with van der Waals surface area (Å²) in [6.45, 7) is 0.181. The number of hydrogen-bond acceptors (Lipinski definition) is 5. The number of sulfonamides is 1. The van der Waals surface area contributed by atoms with Gasteiger partial charge in [-0.15, -0.1) is 0 Å². The molecule has 0 radical (unpaired) electrons.